The van der Waals surface area contributed by atoms with Crippen molar-refractivity contribution in [3.05, 3.63) is 0 Å². The van der Waals surface area contributed by atoms with Gasteiger partial charge in [0.05, 0.1) is 22.9 Å². The van der Waals surface area contributed by atoms with Crippen LogP contribution in [-0.2, 0) is 9.84 Å². The van der Waals surface area contributed by atoms with Crippen molar-refractivity contribution < 1.29 is 13.2 Å². The molecule has 0 spiro atoms. The zero-order valence-corrected chi connectivity index (χ0v) is 11.1. The van der Waals surface area contributed by atoms with Gasteiger partial charge in [0.25, 0.3) is 0 Å². The number of halogens is 1. The molecule has 7 heteroatoms. The summed E-state index contributed by atoms with van der Waals surface area (Å²) in [6.45, 7) is 0. The lowest BCUT2D eigenvalue weighted by atomic mass is 10.2. The van der Waals surface area contributed by atoms with E-state index in [2.05, 4.69) is 10.6 Å². The summed E-state index contributed by atoms with van der Waals surface area (Å²) < 4.78 is 22.6. The number of alkyl halides is 1. The minimum absolute atomic E-state index is 0.0526. The first-order valence-corrected chi connectivity index (χ1v) is 8.13. The summed E-state index contributed by atoms with van der Waals surface area (Å²) in [5, 5.41) is 4.98. The van der Waals surface area contributed by atoms with Crippen LogP contribution < -0.4 is 10.6 Å². The van der Waals surface area contributed by atoms with Gasteiger partial charge in [-0.1, -0.05) is 12.8 Å². The Hall–Kier alpha value is -0.490. The predicted octanol–water partition coefficient (Wildman–Crippen LogP) is 0.633. The minimum Gasteiger partial charge on any atom is -0.335 e. The van der Waals surface area contributed by atoms with E-state index in [1.807, 2.05) is 0 Å². The van der Waals surface area contributed by atoms with E-state index in [1.54, 1.807) is 0 Å². The lowest BCUT2D eigenvalue weighted by Crippen LogP contribution is -2.48. The number of rotatable bonds is 2. The van der Waals surface area contributed by atoms with Crippen molar-refractivity contribution in [3.63, 3.8) is 0 Å². The predicted molar refractivity (Wildman–Crippen MR) is 66.0 cm³/mol. The second kappa shape index (κ2) is 5.02. The highest BCUT2D eigenvalue weighted by Gasteiger charge is 2.37. The van der Waals surface area contributed by atoms with Gasteiger partial charge in [-0.05, 0) is 12.8 Å². The Morgan fingerprint density at radius 1 is 1.12 bits per heavy atom. The quantitative estimate of drug-likeness (QED) is 0.729. The lowest BCUT2D eigenvalue weighted by Gasteiger charge is -2.17. The van der Waals surface area contributed by atoms with Gasteiger partial charge in [-0.25, -0.2) is 13.2 Å². The monoisotopic (exact) mass is 280 g/mol. The molecule has 1 saturated heterocycles. The first-order valence-electron chi connectivity index (χ1n) is 5.88. The molecule has 2 N–H and O–H groups in total. The van der Waals surface area contributed by atoms with E-state index in [0.717, 1.165) is 25.7 Å². The molecule has 98 valence electrons. The van der Waals surface area contributed by atoms with Crippen LogP contribution in [0.4, 0.5) is 4.79 Å². The molecule has 0 aromatic rings. The van der Waals surface area contributed by atoms with Crippen LogP contribution in [0.15, 0.2) is 0 Å². The average molecular weight is 281 g/mol. The van der Waals surface area contributed by atoms with Crippen LogP contribution in [0.3, 0.4) is 0 Å². The molecule has 1 aliphatic heterocycles. The molecule has 5 nitrogen and oxygen atoms in total. The van der Waals surface area contributed by atoms with E-state index in [4.69, 9.17) is 11.6 Å². The Labute approximate surface area is 106 Å². The molecule has 0 bridgehead atoms. The van der Waals surface area contributed by atoms with Crippen LogP contribution in [-0.4, -0.2) is 43.4 Å². The standard InChI is InChI=1S/C10H17ClN2O3S/c11-8-5-17(15,16)6-9(8)13-10(14)12-7-3-1-2-4-7/h7-9H,1-6H2,(H2,12,13,14). The Bertz CT molecular complexity index is 392. The van der Waals surface area contributed by atoms with Crippen LogP contribution in [0.5, 0.6) is 0 Å². The number of hydrogen-bond donors (Lipinski definition) is 2. The molecule has 0 aromatic carbocycles. The average Bonchev–Trinajstić information content (AvgIpc) is 2.75. The fourth-order valence-electron chi connectivity index (χ4n) is 2.40. The molecule has 2 unspecified atom stereocenters. The number of urea groups is 1. The lowest BCUT2D eigenvalue weighted by molar-refractivity contribution is 0.234. The summed E-state index contributed by atoms with van der Waals surface area (Å²) >= 11 is 5.90. The molecule has 0 radical (unpaired) electrons. The third-order valence-electron chi connectivity index (χ3n) is 3.29. The highest BCUT2D eigenvalue weighted by molar-refractivity contribution is 7.91. The first kappa shape index (κ1) is 13.0. The normalized spacial score (nSPS) is 32.5. The largest absolute Gasteiger partial charge is 0.335 e. The smallest absolute Gasteiger partial charge is 0.315 e. The second-order valence-electron chi connectivity index (χ2n) is 4.80. The molecule has 17 heavy (non-hydrogen) atoms. The SMILES string of the molecule is O=C(NC1CCCC1)NC1CS(=O)(=O)CC1Cl. The number of carbonyl (C=O) groups is 1. The molecule has 1 saturated carbocycles. The summed E-state index contributed by atoms with van der Waals surface area (Å²) in [7, 11) is -3.09. The van der Waals surface area contributed by atoms with E-state index < -0.39 is 21.3 Å². The minimum atomic E-state index is -3.09. The number of carbonyl (C=O) groups excluding carboxylic acids is 1. The van der Waals surface area contributed by atoms with Gasteiger partial charge in [0.2, 0.25) is 0 Å². The van der Waals surface area contributed by atoms with Crippen molar-refractivity contribution in [1.29, 1.82) is 0 Å². The maximum Gasteiger partial charge on any atom is 0.315 e. The first-order chi connectivity index (χ1) is 7.96. The third kappa shape index (κ3) is 3.48. The van der Waals surface area contributed by atoms with Gasteiger partial charge < -0.3 is 10.6 Å². The van der Waals surface area contributed by atoms with E-state index in [0.29, 0.717) is 0 Å². The number of sulfone groups is 1. The van der Waals surface area contributed by atoms with Crippen LogP contribution in [0.25, 0.3) is 0 Å². The van der Waals surface area contributed by atoms with Crippen LogP contribution in [0.2, 0.25) is 0 Å². The molecule has 2 aliphatic rings. The maximum atomic E-state index is 11.6. The Morgan fingerprint density at radius 2 is 1.76 bits per heavy atom. The van der Waals surface area contributed by atoms with Gasteiger partial charge in [-0.2, -0.15) is 0 Å². The molecule has 1 aliphatic carbocycles. The number of nitrogens with one attached hydrogen (secondary N) is 2. The second-order valence-corrected chi connectivity index (χ2v) is 7.51. The van der Waals surface area contributed by atoms with E-state index >= 15 is 0 Å². The van der Waals surface area contributed by atoms with E-state index in [9.17, 15) is 13.2 Å². The molecule has 2 atom stereocenters. The van der Waals surface area contributed by atoms with Crippen molar-refractivity contribution >= 4 is 27.5 Å². The zero-order chi connectivity index (χ0) is 12.5. The van der Waals surface area contributed by atoms with Gasteiger partial charge in [-0.15, -0.1) is 11.6 Å². The molecular formula is C10H17ClN2O3S. The fourth-order valence-corrected chi connectivity index (χ4v) is 4.95. The fraction of sp³-hybridized carbons (Fsp3) is 0.900. The van der Waals surface area contributed by atoms with Crippen molar-refractivity contribution in [2.24, 2.45) is 0 Å². The topological polar surface area (TPSA) is 75.3 Å². The van der Waals surface area contributed by atoms with Crippen LogP contribution in [0, 0.1) is 0 Å². The van der Waals surface area contributed by atoms with Gasteiger partial charge >= 0.3 is 6.03 Å². The third-order valence-corrected chi connectivity index (χ3v) is 5.67. The molecule has 2 rings (SSSR count). The summed E-state index contributed by atoms with van der Waals surface area (Å²) in [5.74, 6) is -0.109. The van der Waals surface area contributed by atoms with Crippen molar-refractivity contribution in [2.75, 3.05) is 11.5 Å². The molecule has 2 amide bonds. The molecular weight excluding hydrogens is 264 g/mol. The molecule has 1 heterocycles. The van der Waals surface area contributed by atoms with Gasteiger partial charge in [0.15, 0.2) is 9.84 Å². The molecule has 2 fully saturated rings. The van der Waals surface area contributed by atoms with Crippen LogP contribution in [0.1, 0.15) is 25.7 Å². The Kier molecular flexibility index (Phi) is 3.82. The highest BCUT2D eigenvalue weighted by Crippen LogP contribution is 2.19. The summed E-state index contributed by atoms with van der Waals surface area (Å²) in [4.78, 5) is 11.6. The molecule has 0 aromatic heterocycles. The van der Waals surface area contributed by atoms with Gasteiger partial charge in [-0.3, -0.25) is 0 Å². The van der Waals surface area contributed by atoms with Crippen molar-refractivity contribution in [3.8, 4) is 0 Å². The summed E-state index contributed by atoms with van der Waals surface area (Å²) in [5.41, 5.74) is 0. The number of amides is 2. The van der Waals surface area contributed by atoms with Gasteiger partial charge in [0, 0.05) is 6.04 Å². The Balaban J connectivity index is 1.82. The van der Waals surface area contributed by atoms with Crippen molar-refractivity contribution in [1.82, 2.24) is 10.6 Å². The van der Waals surface area contributed by atoms with Crippen LogP contribution >= 0.6 is 11.6 Å². The Morgan fingerprint density at radius 3 is 2.29 bits per heavy atom. The van der Waals surface area contributed by atoms with E-state index in [1.165, 1.54) is 0 Å². The van der Waals surface area contributed by atoms with Crippen molar-refractivity contribution in [2.45, 2.75) is 43.1 Å². The van der Waals surface area contributed by atoms with E-state index in [-0.39, 0.29) is 23.6 Å². The zero-order valence-electron chi connectivity index (χ0n) is 9.49. The number of hydrogen-bond acceptors (Lipinski definition) is 3. The van der Waals surface area contributed by atoms with Gasteiger partial charge in [0.1, 0.15) is 0 Å². The summed E-state index contributed by atoms with van der Waals surface area (Å²) in [6.07, 6.45) is 4.28. The summed E-state index contributed by atoms with van der Waals surface area (Å²) in [6, 6.07) is -0.547. The maximum absolute atomic E-state index is 11.6. The highest BCUT2D eigenvalue weighted by atomic mass is 35.5.